The zero-order valence-corrected chi connectivity index (χ0v) is 11.4. The third kappa shape index (κ3) is 2.89. The van der Waals surface area contributed by atoms with E-state index in [0.29, 0.717) is 6.04 Å². The van der Waals surface area contributed by atoms with Gasteiger partial charge < -0.3 is 5.32 Å². The number of aromatic nitrogens is 1. The van der Waals surface area contributed by atoms with E-state index in [0.717, 1.165) is 12.0 Å². The molecule has 0 aliphatic heterocycles. The van der Waals surface area contributed by atoms with Crippen LogP contribution in [-0.4, -0.2) is 11.0 Å². The van der Waals surface area contributed by atoms with Gasteiger partial charge in [0.1, 0.15) is 5.01 Å². The van der Waals surface area contributed by atoms with Gasteiger partial charge in [-0.05, 0) is 38.5 Å². The number of nitrogens with one attached hydrogen (secondary N) is 1. The molecule has 1 atom stereocenters. The summed E-state index contributed by atoms with van der Waals surface area (Å²) in [6, 6.07) is 1.33. The minimum Gasteiger partial charge on any atom is -0.305 e. The van der Waals surface area contributed by atoms with Crippen molar-refractivity contribution < 1.29 is 0 Å². The SMILES string of the molecule is Cc1csc(C(NC2CC2)C2CCCCC2)n1. The van der Waals surface area contributed by atoms with Crippen LogP contribution >= 0.6 is 11.3 Å². The molecular weight excluding hydrogens is 228 g/mol. The van der Waals surface area contributed by atoms with E-state index < -0.39 is 0 Å². The molecule has 1 heterocycles. The van der Waals surface area contributed by atoms with Gasteiger partial charge in [0.15, 0.2) is 0 Å². The molecule has 0 bridgehead atoms. The maximum absolute atomic E-state index is 4.72. The van der Waals surface area contributed by atoms with Gasteiger partial charge in [0.05, 0.1) is 6.04 Å². The highest BCUT2D eigenvalue weighted by atomic mass is 32.1. The van der Waals surface area contributed by atoms with Crippen LogP contribution in [0.1, 0.15) is 61.7 Å². The van der Waals surface area contributed by atoms with E-state index in [-0.39, 0.29) is 0 Å². The van der Waals surface area contributed by atoms with Crippen molar-refractivity contribution in [3.05, 3.63) is 16.1 Å². The van der Waals surface area contributed by atoms with Crippen molar-refractivity contribution in [1.29, 1.82) is 0 Å². The average molecular weight is 250 g/mol. The number of rotatable bonds is 4. The fourth-order valence-corrected chi connectivity index (χ4v) is 3.84. The molecule has 1 aromatic heterocycles. The Hall–Kier alpha value is -0.410. The summed E-state index contributed by atoms with van der Waals surface area (Å²) in [5.74, 6) is 0.829. The highest BCUT2D eigenvalue weighted by Crippen LogP contribution is 2.37. The Bertz CT molecular complexity index is 364. The second-order valence-corrected chi connectivity index (χ2v) is 6.53. The molecular formula is C14H22N2S. The molecule has 17 heavy (non-hydrogen) atoms. The fraction of sp³-hybridized carbons (Fsp3) is 0.786. The van der Waals surface area contributed by atoms with Crippen LogP contribution in [0.25, 0.3) is 0 Å². The van der Waals surface area contributed by atoms with Crippen molar-refractivity contribution in [2.45, 2.75) is 64.0 Å². The lowest BCUT2D eigenvalue weighted by Crippen LogP contribution is -2.31. The van der Waals surface area contributed by atoms with Gasteiger partial charge in [-0.2, -0.15) is 0 Å². The Morgan fingerprint density at radius 3 is 2.59 bits per heavy atom. The summed E-state index contributed by atoms with van der Waals surface area (Å²) in [5, 5.41) is 7.37. The Kier molecular flexibility index (Phi) is 3.48. The van der Waals surface area contributed by atoms with Gasteiger partial charge in [0, 0.05) is 17.1 Å². The zero-order valence-electron chi connectivity index (χ0n) is 10.6. The van der Waals surface area contributed by atoms with Gasteiger partial charge >= 0.3 is 0 Å². The summed E-state index contributed by atoms with van der Waals surface area (Å²) in [6.45, 7) is 2.11. The van der Waals surface area contributed by atoms with Gasteiger partial charge in [-0.3, -0.25) is 0 Å². The van der Waals surface area contributed by atoms with Crippen molar-refractivity contribution in [1.82, 2.24) is 10.3 Å². The first-order valence-electron chi connectivity index (χ1n) is 7.01. The van der Waals surface area contributed by atoms with Gasteiger partial charge in [-0.15, -0.1) is 11.3 Å². The Labute approximate surface area is 108 Å². The summed E-state index contributed by atoms with van der Waals surface area (Å²) in [6.07, 6.45) is 9.78. The molecule has 2 saturated carbocycles. The summed E-state index contributed by atoms with van der Waals surface area (Å²) in [7, 11) is 0. The molecule has 0 aromatic carbocycles. The number of hydrogen-bond acceptors (Lipinski definition) is 3. The smallest absolute Gasteiger partial charge is 0.110 e. The number of aryl methyl sites for hydroxylation is 1. The minimum atomic E-state index is 0.543. The molecule has 2 aliphatic rings. The van der Waals surface area contributed by atoms with Crippen molar-refractivity contribution >= 4 is 11.3 Å². The van der Waals surface area contributed by atoms with Crippen LogP contribution in [0.2, 0.25) is 0 Å². The summed E-state index contributed by atoms with van der Waals surface area (Å²) >= 11 is 1.85. The topological polar surface area (TPSA) is 24.9 Å². The molecule has 94 valence electrons. The monoisotopic (exact) mass is 250 g/mol. The molecule has 2 aliphatic carbocycles. The molecule has 0 saturated heterocycles. The quantitative estimate of drug-likeness (QED) is 0.878. The first-order chi connectivity index (χ1) is 8.33. The van der Waals surface area contributed by atoms with Gasteiger partial charge in [-0.1, -0.05) is 19.3 Å². The van der Waals surface area contributed by atoms with Crippen molar-refractivity contribution in [3.8, 4) is 0 Å². The van der Waals surface area contributed by atoms with Crippen molar-refractivity contribution in [2.75, 3.05) is 0 Å². The van der Waals surface area contributed by atoms with Crippen molar-refractivity contribution in [3.63, 3.8) is 0 Å². The van der Waals surface area contributed by atoms with Crippen molar-refractivity contribution in [2.24, 2.45) is 5.92 Å². The van der Waals surface area contributed by atoms with E-state index in [4.69, 9.17) is 4.98 Å². The van der Waals surface area contributed by atoms with Gasteiger partial charge in [0.25, 0.3) is 0 Å². The predicted molar refractivity (Wildman–Crippen MR) is 72.3 cm³/mol. The highest BCUT2D eigenvalue weighted by molar-refractivity contribution is 7.09. The summed E-state index contributed by atoms with van der Waals surface area (Å²) in [5.41, 5.74) is 1.18. The lowest BCUT2D eigenvalue weighted by Gasteiger charge is -2.29. The van der Waals surface area contributed by atoms with Crippen LogP contribution in [0.15, 0.2) is 5.38 Å². The molecule has 0 radical (unpaired) electrons. The number of nitrogens with zero attached hydrogens (tertiary/aromatic N) is 1. The van der Waals surface area contributed by atoms with Crippen LogP contribution in [-0.2, 0) is 0 Å². The lowest BCUT2D eigenvalue weighted by molar-refractivity contribution is 0.269. The normalized spacial score (nSPS) is 23.8. The Balaban J connectivity index is 1.74. The predicted octanol–water partition coefficient (Wildman–Crippen LogP) is 3.82. The fourth-order valence-electron chi connectivity index (χ4n) is 2.90. The minimum absolute atomic E-state index is 0.543. The molecule has 1 N–H and O–H groups in total. The molecule has 1 aromatic rings. The lowest BCUT2D eigenvalue weighted by atomic mass is 9.84. The molecule has 0 spiro atoms. The first kappa shape index (κ1) is 11.7. The molecule has 3 rings (SSSR count). The summed E-state index contributed by atoms with van der Waals surface area (Å²) in [4.78, 5) is 4.72. The Morgan fingerprint density at radius 2 is 2.00 bits per heavy atom. The van der Waals surface area contributed by atoms with E-state index in [2.05, 4.69) is 17.6 Å². The zero-order chi connectivity index (χ0) is 11.7. The van der Waals surface area contributed by atoms with Crippen LogP contribution in [0, 0.1) is 12.8 Å². The number of thiazole rings is 1. The highest BCUT2D eigenvalue weighted by Gasteiger charge is 2.32. The second-order valence-electron chi connectivity index (χ2n) is 5.64. The maximum atomic E-state index is 4.72. The third-order valence-corrected chi connectivity index (χ3v) is 5.06. The molecule has 3 heteroatoms. The van der Waals surface area contributed by atoms with E-state index in [1.807, 2.05) is 11.3 Å². The third-order valence-electron chi connectivity index (χ3n) is 4.02. The molecule has 1 unspecified atom stereocenters. The van der Waals surface area contributed by atoms with E-state index in [1.54, 1.807) is 0 Å². The van der Waals surface area contributed by atoms with E-state index in [1.165, 1.54) is 55.6 Å². The number of hydrogen-bond donors (Lipinski definition) is 1. The largest absolute Gasteiger partial charge is 0.305 e. The molecule has 2 nitrogen and oxygen atoms in total. The first-order valence-corrected chi connectivity index (χ1v) is 7.89. The Morgan fingerprint density at radius 1 is 1.24 bits per heavy atom. The summed E-state index contributed by atoms with van der Waals surface area (Å²) < 4.78 is 0. The maximum Gasteiger partial charge on any atom is 0.110 e. The van der Waals surface area contributed by atoms with Crippen LogP contribution < -0.4 is 5.32 Å². The second kappa shape index (κ2) is 5.07. The van der Waals surface area contributed by atoms with E-state index in [9.17, 15) is 0 Å². The standard InChI is InChI=1S/C14H22N2S/c1-10-9-17-14(15-10)13(16-12-7-8-12)11-5-3-2-4-6-11/h9,11-13,16H,2-8H2,1H3. The van der Waals surface area contributed by atoms with Crippen LogP contribution in [0.3, 0.4) is 0 Å². The van der Waals surface area contributed by atoms with Gasteiger partial charge in [-0.25, -0.2) is 4.98 Å². The van der Waals surface area contributed by atoms with Crippen LogP contribution in [0.5, 0.6) is 0 Å². The van der Waals surface area contributed by atoms with Gasteiger partial charge in [0.2, 0.25) is 0 Å². The van der Waals surface area contributed by atoms with Crippen LogP contribution in [0.4, 0.5) is 0 Å². The van der Waals surface area contributed by atoms with E-state index >= 15 is 0 Å². The average Bonchev–Trinajstić information content (AvgIpc) is 3.08. The molecule has 2 fully saturated rings. The molecule has 0 amide bonds.